The molecule has 1 aromatic rings. The van der Waals surface area contributed by atoms with Crippen LogP contribution < -0.4 is 0 Å². The zero-order chi connectivity index (χ0) is 9.73. The molecule has 0 unspecified atom stereocenters. The second-order valence-corrected chi connectivity index (χ2v) is 4.15. The minimum atomic E-state index is 0.274. The van der Waals surface area contributed by atoms with E-state index in [0.29, 0.717) is 0 Å². The van der Waals surface area contributed by atoms with Crippen LogP contribution in [-0.2, 0) is 6.42 Å². The molecule has 0 heterocycles. The predicted molar refractivity (Wildman–Crippen MR) is 58.7 cm³/mol. The third-order valence-electron chi connectivity index (χ3n) is 2.12. The molecule has 0 radical (unpaired) electrons. The first-order valence-electron chi connectivity index (χ1n) is 4.82. The van der Waals surface area contributed by atoms with Gasteiger partial charge < -0.3 is 0 Å². The minimum absolute atomic E-state index is 0.274. The van der Waals surface area contributed by atoms with Crippen molar-refractivity contribution in [3.63, 3.8) is 0 Å². The van der Waals surface area contributed by atoms with Crippen LogP contribution in [0.4, 0.5) is 0 Å². The first-order valence-corrected chi connectivity index (χ1v) is 4.82. The molecule has 0 amide bonds. The van der Waals surface area contributed by atoms with Crippen molar-refractivity contribution in [1.29, 1.82) is 0 Å². The Hall–Kier alpha value is -1.04. The van der Waals surface area contributed by atoms with Crippen molar-refractivity contribution < 1.29 is 0 Å². The average molecular weight is 174 g/mol. The van der Waals surface area contributed by atoms with Crippen LogP contribution >= 0.6 is 0 Å². The van der Waals surface area contributed by atoms with Gasteiger partial charge in [-0.2, -0.15) is 0 Å². The van der Waals surface area contributed by atoms with Crippen molar-refractivity contribution in [3.8, 4) is 0 Å². The molecule has 0 aliphatic heterocycles. The van der Waals surface area contributed by atoms with Gasteiger partial charge in [-0.3, -0.25) is 0 Å². The molecule has 0 spiro atoms. The monoisotopic (exact) mass is 174 g/mol. The van der Waals surface area contributed by atoms with Crippen molar-refractivity contribution in [3.05, 3.63) is 48.0 Å². The van der Waals surface area contributed by atoms with Gasteiger partial charge in [0.05, 0.1) is 0 Å². The molecule has 0 nitrogen and oxygen atoms in total. The van der Waals surface area contributed by atoms with Gasteiger partial charge in [0.15, 0.2) is 0 Å². The summed E-state index contributed by atoms with van der Waals surface area (Å²) in [6.45, 7) is 6.60. The second kappa shape index (κ2) is 4.27. The zero-order valence-electron chi connectivity index (χ0n) is 8.75. The lowest BCUT2D eigenvalue weighted by atomic mass is 9.85. The summed E-state index contributed by atoms with van der Waals surface area (Å²) in [5.74, 6) is 0. The first kappa shape index (κ1) is 10.0. The highest BCUT2D eigenvalue weighted by atomic mass is 14.2. The van der Waals surface area contributed by atoms with Crippen LogP contribution in [0.2, 0.25) is 0 Å². The van der Waals surface area contributed by atoms with Gasteiger partial charge in [-0.1, -0.05) is 56.3 Å². The van der Waals surface area contributed by atoms with Crippen LogP contribution in [0, 0.1) is 5.41 Å². The molecule has 0 aromatic heterocycles. The van der Waals surface area contributed by atoms with Gasteiger partial charge in [-0.15, -0.1) is 0 Å². The van der Waals surface area contributed by atoms with Crippen LogP contribution in [0.15, 0.2) is 42.5 Å². The molecular weight excluding hydrogens is 156 g/mol. The summed E-state index contributed by atoms with van der Waals surface area (Å²) in [5, 5.41) is 0. The summed E-state index contributed by atoms with van der Waals surface area (Å²) in [7, 11) is 0. The third kappa shape index (κ3) is 3.45. The van der Waals surface area contributed by atoms with Gasteiger partial charge in [0, 0.05) is 0 Å². The van der Waals surface area contributed by atoms with E-state index in [-0.39, 0.29) is 5.41 Å². The summed E-state index contributed by atoms with van der Waals surface area (Å²) in [4.78, 5) is 0. The largest absolute Gasteiger partial charge is 0.0911 e. The first-order chi connectivity index (χ1) is 6.14. The summed E-state index contributed by atoms with van der Waals surface area (Å²) < 4.78 is 0. The smallest absolute Gasteiger partial charge is 0.0135 e. The molecule has 0 atom stereocenters. The Labute approximate surface area is 81.3 Å². The minimum Gasteiger partial charge on any atom is -0.0911 e. The Bertz CT molecular complexity index is 267. The Morgan fingerprint density at radius 2 is 1.77 bits per heavy atom. The molecule has 0 N–H and O–H groups in total. The summed E-state index contributed by atoms with van der Waals surface area (Å²) in [5.41, 5.74) is 1.68. The fraction of sp³-hybridized carbons (Fsp3) is 0.385. The normalized spacial score (nSPS) is 12.2. The lowest BCUT2D eigenvalue weighted by Crippen LogP contribution is -2.10. The number of rotatable bonds is 3. The summed E-state index contributed by atoms with van der Waals surface area (Å²) >= 11 is 0. The number of hydrogen-bond donors (Lipinski definition) is 0. The molecule has 0 saturated carbocycles. The molecule has 0 heteroatoms. The van der Waals surface area contributed by atoms with Crippen LogP contribution in [0.25, 0.3) is 0 Å². The molecule has 0 bridgehead atoms. The standard InChI is InChI=1S/C13H18/c1-4-10-13(2,3)11-12-8-6-5-7-9-12/h4-10H,11H2,1-3H3/b10-4+. The van der Waals surface area contributed by atoms with Crippen molar-refractivity contribution >= 4 is 0 Å². The Kier molecular flexibility index (Phi) is 3.30. The van der Waals surface area contributed by atoms with Gasteiger partial charge >= 0.3 is 0 Å². The highest BCUT2D eigenvalue weighted by Gasteiger charge is 2.13. The van der Waals surface area contributed by atoms with Crippen molar-refractivity contribution in [2.75, 3.05) is 0 Å². The summed E-state index contributed by atoms with van der Waals surface area (Å²) in [6.07, 6.45) is 5.50. The van der Waals surface area contributed by atoms with E-state index in [4.69, 9.17) is 0 Å². The highest BCUT2D eigenvalue weighted by molar-refractivity contribution is 5.17. The van der Waals surface area contributed by atoms with Crippen LogP contribution in [0.3, 0.4) is 0 Å². The Balaban J connectivity index is 2.69. The maximum atomic E-state index is 2.26. The quantitative estimate of drug-likeness (QED) is 0.611. The van der Waals surface area contributed by atoms with E-state index < -0.39 is 0 Å². The molecule has 0 fully saturated rings. The van der Waals surface area contributed by atoms with Gasteiger partial charge in [0.25, 0.3) is 0 Å². The van der Waals surface area contributed by atoms with E-state index in [0.717, 1.165) is 6.42 Å². The van der Waals surface area contributed by atoms with Crippen molar-refractivity contribution in [2.45, 2.75) is 27.2 Å². The number of benzene rings is 1. The van der Waals surface area contributed by atoms with E-state index in [1.54, 1.807) is 0 Å². The molecule has 1 rings (SSSR count). The fourth-order valence-electron chi connectivity index (χ4n) is 1.63. The van der Waals surface area contributed by atoms with Crippen LogP contribution in [-0.4, -0.2) is 0 Å². The third-order valence-corrected chi connectivity index (χ3v) is 2.12. The average Bonchev–Trinajstić information content (AvgIpc) is 2.04. The molecule has 0 saturated heterocycles. The van der Waals surface area contributed by atoms with E-state index in [9.17, 15) is 0 Å². The van der Waals surface area contributed by atoms with Gasteiger partial charge in [-0.25, -0.2) is 0 Å². The van der Waals surface area contributed by atoms with Gasteiger partial charge in [-0.05, 0) is 24.3 Å². The van der Waals surface area contributed by atoms with Crippen LogP contribution in [0.1, 0.15) is 26.3 Å². The summed E-state index contributed by atoms with van der Waals surface area (Å²) in [6, 6.07) is 10.6. The molecule has 13 heavy (non-hydrogen) atoms. The van der Waals surface area contributed by atoms with E-state index in [2.05, 4.69) is 63.3 Å². The van der Waals surface area contributed by atoms with E-state index in [1.807, 2.05) is 0 Å². The van der Waals surface area contributed by atoms with Crippen LogP contribution in [0.5, 0.6) is 0 Å². The van der Waals surface area contributed by atoms with E-state index >= 15 is 0 Å². The molecule has 70 valence electrons. The highest BCUT2D eigenvalue weighted by Crippen LogP contribution is 2.22. The molecule has 0 aliphatic rings. The Morgan fingerprint density at radius 3 is 2.31 bits per heavy atom. The van der Waals surface area contributed by atoms with Gasteiger partial charge in [0.1, 0.15) is 0 Å². The SMILES string of the molecule is C/C=C/C(C)(C)Cc1ccccc1. The van der Waals surface area contributed by atoms with E-state index in [1.165, 1.54) is 5.56 Å². The second-order valence-electron chi connectivity index (χ2n) is 4.15. The Morgan fingerprint density at radius 1 is 1.15 bits per heavy atom. The van der Waals surface area contributed by atoms with Crippen molar-refractivity contribution in [1.82, 2.24) is 0 Å². The molecule has 0 aliphatic carbocycles. The maximum absolute atomic E-state index is 2.26. The number of allylic oxidation sites excluding steroid dienone is 2. The maximum Gasteiger partial charge on any atom is -0.0135 e. The predicted octanol–water partition coefficient (Wildman–Crippen LogP) is 3.83. The van der Waals surface area contributed by atoms with Gasteiger partial charge in [0.2, 0.25) is 0 Å². The van der Waals surface area contributed by atoms with Crippen molar-refractivity contribution in [2.24, 2.45) is 5.41 Å². The zero-order valence-corrected chi connectivity index (χ0v) is 8.75. The topological polar surface area (TPSA) is 0 Å². The molecule has 1 aromatic carbocycles. The molecular formula is C13H18. The lowest BCUT2D eigenvalue weighted by molar-refractivity contribution is 0.477. The number of hydrogen-bond acceptors (Lipinski definition) is 0. The lowest BCUT2D eigenvalue weighted by Gasteiger charge is -2.19. The fourth-order valence-corrected chi connectivity index (χ4v) is 1.63.